The third kappa shape index (κ3) is 3.25. The Labute approximate surface area is 137 Å². The molecule has 0 amide bonds. The van der Waals surface area contributed by atoms with E-state index in [1.807, 2.05) is 17.5 Å². The molecule has 3 aromatic rings. The molecule has 0 saturated heterocycles. The van der Waals surface area contributed by atoms with Gasteiger partial charge in [-0.2, -0.15) is 23.3 Å². The SMILES string of the molecule is Cc1c(Cl)c(C(F)(F)F)nn1CCc1nc(-c2cccs2)no1. The van der Waals surface area contributed by atoms with Crippen LogP contribution in [0.15, 0.2) is 22.0 Å². The minimum atomic E-state index is -4.58. The van der Waals surface area contributed by atoms with Crippen LogP contribution in [0.3, 0.4) is 0 Å². The lowest BCUT2D eigenvalue weighted by atomic mass is 10.3. The highest BCUT2D eigenvalue weighted by Crippen LogP contribution is 2.35. The molecule has 3 rings (SSSR count). The molecule has 3 aromatic heterocycles. The van der Waals surface area contributed by atoms with Crippen molar-refractivity contribution in [3.05, 3.63) is 39.8 Å². The second-order valence-corrected chi connectivity index (χ2v) is 6.03. The predicted octanol–water partition coefficient (Wildman–Crippen LogP) is 4.22. The Morgan fingerprint density at radius 3 is 2.78 bits per heavy atom. The molecule has 0 radical (unpaired) electrons. The van der Waals surface area contributed by atoms with E-state index in [1.165, 1.54) is 22.9 Å². The van der Waals surface area contributed by atoms with Crippen molar-refractivity contribution in [3.8, 4) is 10.7 Å². The summed E-state index contributed by atoms with van der Waals surface area (Å²) in [6.07, 6.45) is -4.32. The Morgan fingerprint density at radius 1 is 1.39 bits per heavy atom. The fourth-order valence-corrected chi connectivity index (χ4v) is 2.88. The first kappa shape index (κ1) is 16.0. The molecule has 0 atom stereocenters. The average Bonchev–Trinajstić information content (AvgIpc) is 3.19. The lowest BCUT2D eigenvalue weighted by Gasteiger charge is -2.02. The van der Waals surface area contributed by atoms with Crippen molar-refractivity contribution >= 4 is 22.9 Å². The first-order valence-electron chi connectivity index (χ1n) is 6.53. The summed E-state index contributed by atoms with van der Waals surface area (Å²) in [5.41, 5.74) is -0.835. The summed E-state index contributed by atoms with van der Waals surface area (Å²) >= 11 is 7.17. The number of alkyl halides is 3. The highest BCUT2D eigenvalue weighted by Gasteiger charge is 2.38. The maximum absolute atomic E-state index is 12.8. The molecule has 0 fully saturated rings. The van der Waals surface area contributed by atoms with Crippen LogP contribution in [-0.2, 0) is 19.1 Å². The Morgan fingerprint density at radius 2 is 2.17 bits per heavy atom. The van der Waals surface area contributed by atoms with Crippen LogP contribution < -0.4 is 0 Å². The van der Waals surface area contributed by atoms with E-state index in [2.05, 4.69) is 15.2 Å². The van der Waals surface area contributed by atoms with Crippen molar-refractivity contribution in [2.24, 2.45) is 0 Å². The molecule has 0 spiro atoms. The van der Waals surface area contributed by atoms with Crippen LogP contribution in [0.4, 0.5) is 13.2 Å². The molecular formula is C13H10ClF3N4OS. The fourth-order valence-electron chi connectivity index (χ4n) is 1.99. The van der Waals surface area contributed by atoms with Gasteiger partial charge in [0, 0.05) is 6.42 Å². The van der Waals surface area contributed by atoms with Crippen molar-refractivity contribution in [3.63, 3.8) is 0 Å². The quantitative estimate of drug-likeness (QED) is 0.697. The summed E-state index contributed by atoms with van der Waals surface area (Å²) < 4.78 is 44.6. The van der Waals surface area contributed by atoms with Crippen LogP contribution in [0.5, 0.6) is 0 Å². The zero-order chi connectivity index (χ0) is 16.6. The predicted molar refractivity (Wildman–Crippen MR) is 78.3 cm³/mol. The summed E-state index contributed by atoms with van der Waals surface area (Å²) in [5, 5.41) is 8.87. The summed E-state index contributed by atoms with van der Waals surface area (Å²) in [6, 6.07) is 3.72. The average molecular weight is 363 g/mol. The maximum Gasteiger partial charge on any atom is 0.436 e. The zero-order valence-corrected chi connectivity index (χ0v) is 13.3. The maximum atomic E-state index is 12.8. The van der Waals surface area contributed by atoms with Crippen molar-refractivity contribution in [1.82, 2.24) is 19.9 Å². The molecule has 23 heavy (non-hydrogen) atoms. The largest absolute Gasteiger partial charge is 0.436 e. The van der Waals surface area contributed by atoms with Gasteiger partial charge in [0.15, 0.2) is 5.69 Å². The minimum absolute atomic E-state index is 0.160. The van der Waals surface area contributed by atoms with Crippen molar-refractivity contribution in [2.75, 3.05) is 0 Å². The van der Waals surface area contributed by atoms with E-state index in [9.17, 15) is 13.2 Å². The summed E-state index contributed by atoms with van der Waals surface area (Å²) in [6.45, 7) is 1.64. The number of hydrogen-bond acceptors (Lipinski definition) is 5. The van der Waals surface area contributed by atoms with E-state index < -0.39 is 11.9 Å². The second-order valence-electron chi connectivity index (χ2n) is 4.71. The van der Waals surface area contributed by atoms with Gasteiger partial charge in [0.1, 0.15) is 0 Å². The summed E-state index contributed by atoms with van der Waals surface area (Å²) in [4.78, 5) is 5.07. The smallest absolute Gasteiger partial charge is 0.339 e. The molecule has 0 aliphatic heterocycles. The van der Waals surface area contributed by atoms with Crippen LogP contribution >= 0.6 is 22.9 Å². The molecule has 0 unspecified atom stereocenters. The second kappa shape index (κ2) is 5.97. The van der Waals surface area contributed by atoms with E-state index in [-0.39, 0.29) is 23.7 Å². The van der Waals surface area contributed by atoms with Crippen LogP contribution in [0.1, 0.15) is 17.3 Å². The van der Waals surface area contributed by atoms with Gasteiger partial charge >= 0.3 is 6.18 Å². The monoisotopic (exact) mass is 362 g/mol. The molecule has 122 valence electrons. The van der Waals surface area contributed by atoms with E-state index >= 15 is 0 Å². The van der Waals surface area contributed by atoms with Crippen molar-refractivity contribution < 1.29 is 17.7 Å². The van der Waals surface area contributed by atoms with Gasteiger partial charge in [0.05, 0.1) is 22.1 Å². The number of halogens is 4. The van der Waals surface area contributed by atoms with E-state index in [4.69, 9.17) is 16.1 Å². The lowest BCUT2D eigenvalue weighted by molar-refractivity contribution is -0.141. The van der Waals surface area contributed by atoms with Crippen molar-refractivity contribution in [1.29, 1.82) is 0 Å². The lowest BCUT2D eigenvalue weighted by Crippen LogP contribution is -2.10. The Hall–Kier alpha value is -1.87. The number of rotatable bonds is 4. The molecule has 0 saturated carbocycles. The van der Waals surface area contributed by atoms with Gasteiger partial charge in [-0.1, -0.05) is 22.8 Å². The highest BCUT2D eigenvalue weighted by atomic mass is 35.5. The molecular weight excluding hydrogens is 353 g/mol. The number of thiophene rings is 1. The van der Waals surface area contributed by atoms with Crippen LogP contribution in [0, 0.1) is 6.92 Å². The Bertz CT molecular complexity index is 810. The molecule has 5 nitrogen and oxygen atoms in total. The summed E-state index contributed by atoms with van der Waals surface area (Å²) in [5.74, 6) is 0.786. The molecule has 0 aliphatic rings. The van der Waals surface area contributed by atoms with E-state index in [0.717, 1.165) is 4.88 Å². The Balaban J connectivity index is 1.74. The van der Waals surface area contributed by atoms with Gasteiger partial charge in [-0.05, 0) is 18.4 Å². The standard InChI is InChI=1S/C13H10ClF3N4OS/c1-7-10(14)11(13(15,16)17)19-21(7)5-4-9-18-12(20-22-9)8-3-2-6-23-8/h2-3,6H,4-5H2,1H3. The van der Waals surface area contributed by atoms with Crippen LogP contribution in [0.25, 0.3) is 10.7 Å². The zero-order valence-electron chi connectivity index (χ0n) is 11.8. The first-order valence-corrected chi connectivity index (χ1v) is 7.78. The molecule has 0 aromatic carbocycles. The van der Waals surface area contributed by atoms with Gasteiger partial charge < -0.3 is 4.52 Å². The van der Waals surface area contributed by atoms with Gasteiger partial charge in [-0.3, -0.25) is 4.68 Å². The molecule has 10 heteroatoms. The fraction of sp³-hybridized carbons (Fsp3) is 0.308. The number of hydrogen-bond donors (Lipinski definition) is 0. The van der Waals surface area contributed by atoms with Crippen LogP contribution in [-0.4, -0.2) is 19.9 Å². The summed E-state index contributed by atoms with van der Waals surface area (Å²) in [7, 11) is 0. The first-order chi connectivity index (χ1) is 10.9. The molecule has 0 aliphatic carbocycles. The van der Waals surface area contributed by atoms with E-state index in [0.29, 0.717) is 11.7 Å². The third-order valence-electron chi connectivity index (χ3n) is 3.15. The van der Waals surface area contributed by atoms with Gasteiger partial charge in [0.25, 0.3) is 0 Å². The normalized spacial score (nSPS) is 12.0. The van der Waals surface area contributed by atoms with Gasteiger partial charge in [-0.15, -0.1) is 11.3 Å². The number of aromatic nitrogens is 4. The van der Waals surface area contributed by atoms with Crippen LogP contribution in [0.2, 0.25) is 5.02 Å². The van der Waals surface area contributed by atoms with Crippen molar-refractivity contribution in [2.45, 2.75) is 26.1 Å². The third-order valence-corrected chi connectivity index (χ3v) is 4.47. The number of nitrogens with zero attached hydrogens (tertiary/aromatic N) is 4. The van der Waals surface area contributed by atoms with Gasteiger partial charge in [0.2, 0.25) is 11.7 Å². The molecule has 0 bridgehead atoms. The molecule has 0 N–H and O–H groups in total. The molecule has 3 heterocycles. The topological polar surface area (TPSA) is 56.7 Å². The highest BCUT2D eigenvalue weighted by molar-refractivity contribution is 7.13. The number of aryl methyl sites for hydroxylation is 2. The Kier molecular flexibility index (Phi) is 4.15. The minimum Gasteiger partial charge on any atom is -0.339 e. The van der Waals surface area contributed by atoms with E-state index in [1.54, 1.807) is 0 Å². The van der Waals surface area contributed by atoms with Gasteiger partial charge in [-0.25, -0.2) is 0 Å².